The third kappa shape index (κ3) is 3.32. The van der Waals surface area contributed by atoms with Crippen LogP contribution in [0.25, 0.3) is 0 Å². The van der Waals surface area contributed by atoms with Crippen LogP contribution in [0, 0.1) is 6.92 Å². The molecule has 0 heterocycles. The molecule has 7 heteroatoms. The molecule has 0 amide bonds. The largest absolute Gasteiger partial charge is 0.507 e. The number of nitrogens with one attached hydrogen (secondary N) is 1. The molecule has 0 atom stereocenters. The Bertz CT molecular complexity index is 799. The van der Waals surface area contributed by atoms with Gasteiger partial charge in [0.15, 0.2) is 0 Å². The number of anilines is 1. The zero-order valence-corrected chi connectivity index (χ0v) is 11.9. The molecule has 0 saturated heterocycles. The van der Waals surface area contributed by atoms with Gasteiger partial charge < -0.3 is 10.2 Å². The Kier molecular flexibility index (Phi) is 3.86. The molecule has 0 aliphatic rings. The van der Waals surface area contributed by atoms with Crippen molar-refractivity contribution in [3.05, 3.63) is 53.6 Å². The van der Waals surface area contributed by atoms with Crippen molar-refractivity contribution >= 4 is 21.7 Å². The molecule has 0 aliphatic carbocycles. The van der Waals surface area contributed by atoms with E-state index in [1.165, 1.54) is 18.2 Å². The quantitative estimate of drug-likeness (QED) is 0.751. The van der Waals surface area contributed by atoms with Crippen LogP contribution in [0.2, 0.25) is 0 Å². The van der Waals surface area contributed by atoms with Crippen LogP contribution in [-0.2, 0) is 10.0 Å². The van der Waals surface area contributed by atoms with E-state index in [0.717, 1.165) is 17.7 Å². The van der Waals surface area contributed by atoms with E-state index in [9.17, 15) is 18.3 Å². The van der Waals surface area contributed by atoms with Gasteiger partial charge in [-0.25, -0.2) is 13.2 Å². The minimum atomic E-state index is -3.82. The molecule has 2 aromatic rings. The van der Waals surface area contributed by atoms with Crippen molar-refractivity contribution in [2.24, 2.45) is 0 Å². The van der Waals surface area contributed by atoms with Crippen LogP contribution in [0.3, 0.4) is 0 Å². The lowest BCUT2D eigenvalue weighted by Crippen LogP contribution is -2.13. The van der Waals surface area contributed by atoms with Crippen molar-refractivity contribution in [3.63, 3.8) is 0 Å². The van der Waals surface area contributed by atoms with E-state index in [4.69, 9.17) is 5.11 Å². The predicted octanol–water partition coefficient (Wildman–Crippen LogP) is 2.20. The summed E-state index contributed by atoms with van der Waals surface area (Å²) >= 11 is 0. The normalized spacial score (nSPS) is 11.1. The minimum Gasteiger partial charge on any atom is -0.507 e. The van der Waals surface area contributed by atoms with Gasteiger partial charge in [-0.3, -0.25) is 4.72 Å². The first kappa shape index (κ1) is 14.9. The molecule has 110 valence electrons. The monoisotopic (exact) mass is 307 g/mol. The number of benzene rings is 2. The Morgan fingerprint density at radius 1 is 1.14 bits per heavy atom. The van der Waals surface area contributed by atoms with Gasteiger partial charge in [0.05, 0.1) is 4.90 Å². The molecular formula is C14H13NO5S. The van der Waals surface area contributed by atoms with E-state index in [0.29, 0.717) is 0 Å². The molecular weight excluding hydrogens is 294 g/mol. The first-order chi connectivity index (χ1) is 9.79. The van der Waals surface area contributed by atoms with Crippen molar-refractivity contribution in [1.82, 2.24) is 0 Å². The van der Waals surface area contributed by atoms with E-state index in [1.807, 2.05) is 0 Å². The molecule has 2 rings (SSSR count). The average Bonchev–Trinajstić information content (AvgIpc) is 2.40. The Morgan fingerprint density at radius 3 is 2.48 bits per heavy atom. The average molecular weight is 307 g/mol. The molecule has 3 N–H and O–H groups in total. The lowest BCUT2D eigenvalue weighted by molar-refractivity contribution is 0.0694. The van der Waals surface area contributed by atoms with Gasteiger partial charge in [0.25, 0.3) is 10.0 Å². The van der Waals surface area contributed by atoms with Crippen LogP contribution in [-0.4, -0.2) is 24.6 Å². The lowest BCUT2D eigenvalue weighted by atomic mass is 10.2. The molecule has 2 aromatic carbocycles. The predicted molar refractivity (Wildman–Crippen MR) is 77.1 cm³/mol. The fraction of sp³-hybridized carbons (Fsp3) is 0.0714. The number of hydrogen-bond donors (Lipinski definition) is 3. The number of rotatable bonds is 4. The van der Waals surface area contributed by atoms with Crippen LogP contribution < -0.4 is 4.72 Å². The molecule has 0 radical (unpaired) electrons. The highest BCUT2D eigenvalue weighted by atomic mass is 32.2. The van der Waals surface area contributed by atoms with Crippen LogP contribution in [0.4, 0.5) is 5.69 Å². The number of carboxylic acids is 1. The van der Waals surface area contributed by atoms with Crippen molar-refractivity contribution in [2.75, 3.05) is 4.72 Å². The van der Waals surface area contributed by atoms with Crippen LogP contribution in [0.5, 0.6) is 5.75 Å². The summed E-state index contributed by atoms with van der Waals surface area (Å²) in [4.78, 5) is 11.0. The second kappa shape index (κ2) is 5.45. The first-order valence-corrected chi connectivity index (χ1v) is 7.44. The second-order valence-electron chi connectivity index (χ2n) is 4.46. The van der Waals surface area contributed by atoms with E-state index >= 15 is 0 Å². The zero-order chi connectivity index (χ0) is 15.6. The molecule has 0 aromatic heterocycles. The van der Waals surface area contributed by atoms with Crippen molar-refractivity contribution in [2.45, 2.75) is 11.8 Å². The standard InChI is InChI=1S/C14H13NO5S/c1-9-3-2-4-11(7-9)21(19,20)15-10-5-6-13(16)12(8-10)14(17)18/h2-8,15-16H,1H3,(H,17,18). The number of aromatic carboxylic acids is 1. The maximum absolute atomic E-state index is 12.2. The number of hydrogen-bond acceptors (Lipinski definition) is 4. The summed E-state index contributed by atoms with van der Waals surface area (Å²) in [6.07, 6.45) is 0. The molecule has 0 saturated carbocycles. The van der Waals surface area contributed by atoms with Crippen LogP contribution in [0.15, 0.2) is 47.4 Å². The van der Waals surface area contributed by atoms with Gasteiger partial charge in [0.2, 0.25) is 0 Å². The van der Waals surface area contributed by atoms with E-state index in [1.54, 1.807) is 19.1 Å². The summed E-state index contributed by atoms with van der Waals surface area (Å²) < 4.78 is 26.7. The van der Waals surface area contributed by atoms with Gasteiger partial charge in [0.1, 0.15) is 11.3 Å². The van der Waals surface area contributed by atoms with Crippen molar-refractivity contribution in [3.8, 4) is 5.75 Å². The number of sulfonamides is 1. The zero-order valence-electron chi connectivity index (χ0n) is 11.1. The van der Waals surface area contributed by atoms with E-state index in [2.05, 4.69) is 4.72 Å². The number of carbonyl (C=O) groups is 1. The fourth-order valence-corrected chi connectivity index (χ4v) is 2.92. The molecule has 0 fully saturated rings. The highest BCUT2D eigenvalue weighted by Gasteiger charge is 2.16. The van der Waals surface area contributed by atoms with Crippen LogP contribution >= 0.6 is 0 Å². The summed E-state index contributed by atoms with van der Waals surface area (Å²) in [6.45, 7) is 1.77. The SMILES string of the molecule is Cc1cccc(S(=O)(=O)Nc2ccc(O)c(C(=O)O)c2)c1. The number of aryl methyl sites for hydroxylation is 1. The Labute approximate surface area is 121 Å². The smallest absolute Gasteiger partial charge is 0.339 e. The van der Waals surface area contributed by atoms with E-state index in [-0.39, 0.29) is 16.1 Å². The number of carboxylic acid groups (broad SMARTS) is 1. The highest BCUT2D eigenvalue weighted by Crippen LogP contribution is 2.23. The molecule has 6 nitrogen and oxygen atoms in total. The summed E-state index contributed by atoms with van der Waals surface area (Å²) in [5, 5.41) is 18.3. The molecule has 0 bridgehead atoms. The molecule has 0 spiro atoms. The maximum atomic E-state index is 12.2. The lowest BCUT2D eigenvalue weighted by Gasteiger charge is -2.10. The number of phenols is 1. The van der Waals surface area contributed by atoms with Gasteiger partial charge in [-0.1, -0.05) is 12.1 Å². The highest BCUT2D eigenvalue weighted by molar-refractivity contribution is 7.92. The first-order valence-electron chi connectivity index (χ1n) is 5.95. The van der Waals surface area contributed by atoms with Gasteiger partial charge in [-0.15, -0.1) is 0 Å². The van der Waals surface area contributed by atoms with Crippen molar-refractivity contribution < 1.29 is 23.4 Å². The molecule has 21 heavy (non-hydrogen) atoms. The Morgan fingerprint density at radius 2 is 1.86 bits per heavy atom. The maximum Gasteiger partial charge on any atom is 0.339 e. The van der Waals surface area contributed by atoms with Crippen LogP contribution in [0.1, 0.15) is 15.9 Å². The van der Waals surface area contributed by atoms with Crippen molar-refractivity contribution in [1.29, 1.82) is 0 Å². The topological polar surface area (TPSA) is 104 Å². The second-order valence-corrected chi connectivity index (χ2v) is 6.14. The van der Waals surface area contributed by atoms with Gasteiger partial charge in [-0.05, 0) is 42.8 Å². The summed E-state index contributed by atoms with van der Waals surface area (Å²) in [7, 11) is -3.82. The number of aromatic hydroxyl groups is 1. The summed E-state index contributed by atoms with van der Waals surface area (Å²) in [5.41, 5.74) is 0.473. The third-order valence-corrected chi connectivity index (χ3v) is 4.16. The summed E-state index contributed by atoms with van der Waals surface area (Å²) in [5.74, 6) is -1.77. The molecule has 0 aliphatic heterocycles. The Balaban J connectivity index is 2.37. The van der Waals surface area contributed by atoms with E-state index < -0.39 is 21.7 Å². The Hall–Kier alpha value is -2.54. The molecule has 0 unspecified atom stereocenters. The summed E-state index contributed by atoms with van der Waals surface area (Å²) in [6, 6.07) is 9.79. The third-order valence-electron chi connectivity index (χ3n) is 2.78. The van der Waals surface area contributed by atoms with Gasteiger partial charge >= 0.3 is 5.97 Å². The van der Waals surface area contributed by atoms with Gasteiger partial charge in [0, 0.05) is 5.69 Å². The minimum absolute atomic E-state index is 0.0618. The van der Waals surface area contributed by atoms with Gasteiger partial charge in [-0.2, -0.15) is 0 Å². The fourth-order valence-electron chi connectivity index (χ4n) is 1.77.